The second-order valence-electron chi connectivity index (χ2n) is 9.28. The Balaban J connectivity index is 1.31. The van der Waals surface area contributed by atoms with E-state index in [1.54, 1.807) is 41.3 Å². The van der Waals surface area contributed by atoms with Gasteiger partial charge < -0.3 is 15.4 Å². The number of rotatable bonds is 7. The molecule has 2 aromatic carbocycles. The maximum absolute atomic E-state index is 13.1. The van der Waals surface area contributed by atoms with E-state index in [2.05, 4.69) is 20.6 Å². The summed E-state index contributed by atoms with van der Waals surface area (Å²) < 4.78 is 34.4. The number of nitrogens with one attached hydrogen (secondary N) is 2. The second kappa shape index (κ2) is 9.30. The van der Waals surface area contributed by atoms with Crippen LogP contribution < -0.4 is 20.9 Å². The average molecular weight is 507 g/mol. The van der Waals surface area contributed by atoms with E-state index in [0.29, 0.717) is 54.9 Å². The van der Waals surface area contributed by atoms with Gasteiger partial charge in [-0.1, -0.05) is 24.3 Å². The highest BCUT2D eigenvalue weighted by molar-refractivity contribution is 5.84. The van der Waals surface area contributed by atoms with Crippen molar-refractivity contribution in [3.8, 4) is 16.9 Å². The number of anilines is 1. The highest BCUT2D eigenvalue weighted by Crippen LogP contribution is 2.37. The summed E-state index contributed by atoms with van der Waals surface area (Å²) in [6.45, 7) is -1.22. The first-order chi connectivity index (χ1) is 18.0. The van der Waals surface area contributed by atoms with Crippen LogP contribution in [0.3, 0.4) is 0 Å². The van der Waals surface area contributed by atoms with Crippen LogP contribution in [0.5, 0.6) is 5.75 Å². The minimum atomic E-state index is -2.94. The van der Waals surface area contributed by atoms with Gasteiger partial charge in [-0.25, -0.2) is 14.6 Å². The molecule has 1 amide bonds. The molecule has 2 N–H and O–H groups in total. The molecule has 9 nitrogen and oxygen atoms in total. The number of alkyl halides is 2. The fourth-order valence-corrected chi connectivity index (χ4v) is 5.22. The minimum Gasteiger partial charge on any atom is -0.434 e. The summed E-state index contributed by atoms with van der Waals surface area (Å²) in [7, 11) is 0. The first-order valence-corrected chi connectivity index (χ1v) is 12.1. The van der Waals surface area contributed by atoms with Crippen LogP contribution in [0.25, 0.3) is 22.0 Å². The molecule has 11 heteroatoms. The van der Waals surface area contributed by atoms with Crippen LogP contribution in [-0.4, -0.2) is 44.9 Å². The molecule has 0 spiro atoms. The van der Waals surface area contributed by atoms with Crippen molar-refractivity contribution in [1.29, 1.82) is 0 Å². The van der Waals surface area contributed by atoms with Crippen LogP contribution in [-0.2, 0) is 11.3 Å². The lowest BCUT2D eigenvalue weighted by atomic mass is 10.0. The first kappa shape index (κ1) is 23.1. The minimum absolute atomic E-state index is 0.0574. The molecule has 37 heavy (non-hydrogen) atoms. The molecule has 0 aliphatic carbocycles. The molecule has 0 radical (unpaired) electrons. The predicted octanol–water partition coefficient (Wildman–Crippen LogP) is 3.40. The van der Waals surface area contributed by atoms with Crippen LogP contribution >= 0.6 is 0 Å². The van der Waals surface area contributed by atoms with Gasteiger partial charge in [-0.3, -0.25) is 14.3 Å². The Morgan fingerprint density at radius 2 is 1.92 bits per heavy atom. The van der Waals surface area contributed by atoms with Gasteiger partial charge in [0, 0.05) is 55.5 Å². The number of carbonyl (C=O) groups is 1. The number of ether oxygens (including phenoxy) is 1. The lowest BCUT2D eigenvalue weighted by Gasteiger charge is -2.18. The number of aromatic nitrogens is 4. The molecule has 6 rings (SSSR count). The Morgan fingerprint density at radius 3 is 2.68 bits per heavy atom. The van der Waals surface area contributed by atoms with Gasteiger partial charge in [-0.2, -0.15) is 8.78 Å². The van der Waals surface area contributed by atoms with Crippen LogP contribution in [0, 0.1) is 5.92 Å². The van der Waals surface area contributed by atoms with E-state index in [4.69, 9.17) is 4.74 Å². The molecule has 0 bridgehead atoms. The molecular weight excluding hydrogens is 482 g/mol. The fourth-order valence-electron chi connectivity index (χ4n) is 5.22. The number of fused-ring (bicyclic) bond motifs is 3. The maximum Gasteiger partial charge on any atom is 0.387 e. The summed E-state index contributed by atoms with van der Waals surface area (Å²) >= 11 is 0. The summed E-state index contributed by atoms with van der Waals surface area (Å²) in [5.41, 5.74) is 2.79. The monoisotopic (exact) mass is 506 g/mol. The van der Waals surface area contributed by atoms with Gasteiger partial charge >= 0.3 is 6.61 Å². The van der Waals surface area contributed by atoms with E-state index in [1.165, 1.54) is 6.07 Å². The first-order valence-electron chi connectivity index (χ1n) is 12.1. The Labute approximate surface area is 210 Å². The predicted molar refractivity (Wildman–Crippen MR) is 133 cm³/mol. The lowest BCUT2D eigenvalue weighted by Crippen LogP contribution is -2.18. The van der Waals surface area contributed by atoms with Gasteiger partial charge in [0.15, 0.2) is 0 Å². The molecule has 0 saturated carbocycles. The number of nitrogens with zero attached hydrogens (tertiary/aromatic N) is 4. The van der Waals surface area contributed by atoms with E-state index in [-0.39, 0.29) is 29.2 Å². The number of hydrogen-bond acceptors (Lipinski definition) is 6. The molecule has 190 valence electrons. The Bertz CT molecular complexity index is 1530. The molecule has 4 aromatic rings. The number of benzene rings is 2. The van der Waals surface area contributed by atoms with Crippen molar-refractivity contribution >= 4 is 22.8 Å². The lowest BCUT2D eigenvalue weighted by molar-refractivity contribution is -0.119. The van der Waals surface area contributed by atoms with Crippen molar-refractivity contribution in [2.75, 3.05) is 18.4 Å². The van der Waals surface area contributed by atoms with E-state index in [9.17, 15) is 18.4 Å². The van der Waals surface area contributed by atoms with E-state index >= 15 is 0 Å². The van der Waals surface area contributed by atoms with Crippen LogP contribution in [0.4, 0.5) is 14.7 Å². The van der Waals surface area contributed by atoms with Gasteiger partial charge in [0.05, 0.1) is 16.9 Å². The highest BCUT2D eigenvalue weighted by atomic mass is 19.3. The Kier molecular flexibility index (Phi) is 5.82. The molecule has 2 atom stereocenters. The third kappa shape index (κ3) is 4.30. The molecule has 0 unspecified atom stereocenters. The summed E-state index contributed by atoms with van der Waals surface area (Å²) in [5, 5.41) is 6.53. The molecule has 2 aliphatic rings. The summed E-state index contributed by atoms with van der Waals surface area (Å²) in [6.07, 6.45) is 4.49. The number of carbonyl (C=O) groups excluding carboxylic acids is 1. The third-order valence-electron chi connectivity index (χ3n) is 6.97. The van der Waals surface area contributed by atoms with Crippen molar-refractivity contribution in [3.63, 3.8) is 0 Å². The van der Waals surface area contributed by atoms with Crippen LogP contribution in [0.15, 0.2) is 59.7 Å². The van der Waals surface area contributed by atoms with Crippen molar-refractivity contribution < 1.29 is 18.3 Å². The van der Waals surface area contributed by atoms with E-state index in [1.807, 2.05) is 16.8 Å². The largest absolute Gasteiger partial charge is 0.434 e. The Morgan fingerprint density at radius 1 is 1.11 bits per heavy atom. The zero-order valence-electron chi connectivity index (χ0n) is 19.7. The summed E-state index contributed by atoms with van der Waals surface area (Å²) in [6, 6.07) is 11.9. The second-order valence-corrected chi connectivity index (χ2v) is 9.28. The number of halogens is 2. The maximum atomic E-state index is 13.1. The third-order valence-corrected chi connectivity index (χ3v) is 6.97. The van der Waals surface area contributed by atoms with E-state index in [0.717, 1.165) is 11.1 Å². The van der Waals surface area contributed by atoms with Crippen LogP contribution in [0.2, 0.25) is 0 Å². The van der Waals surface area contributed by atoms with Gasteiger partial charge in [-0.05, 0) is 30.2 Å². The standard InChI is InChI=1S/C26H24F2N6O3/c27-25(28)37-22-4-2-1-3-18(22)20-7-8-33-24(36)19-6-5-16(10-21(19)34(20)33)17-13-31-26(32-14-17)30-12-15-9-23(35)29-11-15/h1-6,10,13-15,20,25H,7-9,11-12H2,(H,29,35)(H,30,31,32)/t15-,20+/m0/s1. The normalized spacial score (nSPS) is 18.8. The molecule has 2 aromatic heterocycles. The summed E-state index contributed by atoms with van der Waals surface area (Å²) in [5.74, 6) is 0.844. The van der Waals surface area contributed by atoms with Crippen molar-refractivity contribution in [3.05, 3.63) is 70.8 Å². The van der Waals surface area contributed by atoms with Gasteiger partial charge in [0.2, 0.25) is 11.9 Å². The number of para-hydroxylation sites is 1. The van der Waals surface area contributed by atoms with Gasteiger partial charge in [0.25, 0.3) is 5.56 Å². The van der Waals surface area contributed by atoms with E-state index < -0.39 is 6.61 Å². The van der Waals surface area contributed by atoms with Gasteiger partial charge in [0.1, 0.15) is 5.75 Å². The number of amides is 1. The molecule has 1 saturated heterocycles. The topological polar surface area (TPSA) is 103 Å². The SMILES string of the molecule is O=C1C[C@H](CNc2ncc(-c3ccc4c(=O)n5n(c4c3)[C@@H](c3ccccc3OC(F)F)CC5)cn2)CN1. The average Bonchev–Trinajstić information content (AvgIpc) is 3.59. The fraction of sp³-hybridized carbons (Fsp3) is 0.308. The molecule has 2 aliphatic heterocycles. The van der Waals surface area contributed by atoms with Crippen molar-refractivity contribution in [1.82, 2.24) is 24.6 Å². The summed E-state index contributed by atoms with van der Waals surface area (Å²) in [4.78, 5) is 33.3. The van der Waals surface area contributed by atoms with Gasteiger partial charge in [-0.15, -0.1) is 0 Å². The van der Waals surface area contributed by atoms with Crippen molar-refractivity contribution in [2.24, 2.45) is 5.92 Å². The zero-order valence-corrected chi connectivity index (χ0v) is 19.7. The molecule has 1 fully saturated rings. The highest BCUT2D eigenvalue weighted by Gasteiger charge is 2.30. The van der Waals surface area contributed by atoms with Crippen molar-refractivity contribution in [2.45, 2.75) is 32.0 Å². The smallest absolute Gasteiger partial charge is 0.387 e. The molecular formula is C26H24F2N6O3. The Hall–Kier alpha value is -4.28. The van der Waals surface area contributed by atoms with Crippen LogP contribution in [0.1, 0.15) is 24.4 Å². The quantitative estimate of drug-likeness (QED) is 0.398. The zero-order chi connectivity index (χ0) is 25.5. The number of hydrogen-bond donors (Lipinski definition) is 2. The molecule has 4 heterocycles.